The summed E-state index contributed by atoms with van der Waals surface area (Å²) in [6.07, 6.45) is 1.97. The van der Waals surface area contributed by atoms with E-state index in [0.29, 0.717) is 13.2 Å². The van der Waals surface area contributed by atoms with Crippen LogP contribution in [0.2, 0.25) is 0 Å². The molecule has 14 heavy (non-hydrogen) atoms. The van der Waals surface area contributed by atoms with Gasteiger partial charge in [0.15, 0.2) is 0 Å². The molecule has 1 N–H and O–H groups in total. The highest BCUT2D eigenvalue weighted by molar-refractivity contribution is 5.77. The van der Waals surface area contributed by atoms with E-state index < -0.39 is 0 Å². The molecule has 1 amide bonds. The molecular formula is C10H21NO3. The van der Waals surface area contributed by atoms with E-state index >= 15 is 0 Å². The van der Waals surface area contributed by atoms with Gasteiger partial charge in [-0.15, -0.1) is 0 Å². The summed E-state index contributed by atoms with van der Waals surface area (Å²) >= 11 is 0. The van der Waals surface area contributed by atoms with Gasteiger partial charge in [-0.25, -0.2) is 0 Å². The normalized spacial score (nSPS) is 12.5. The number of ether oxygens (including phenoxy) is 2. The highest BCUT2D eigenvalue weighted by atomic mass is 16.5. The number of carbonyl (C=O) groups excluding carboxylic acids is 1. The van der Waals surface area contributed by atoms with Crippen LogP contribution in [0.1, 0.15) is 26.7 Å². The Hall–Kier alpha value is -0.610. The minimum atomic E-state index is -0.0673. The van der Waals surface area contributed by atoms with Crippen molar-refractivity contribution in [2.45, 2.75) is 32.7 Å². The molecule has 0 rings (SSSR count). The number of amides is 1. The van der Waals surface area contributed by atoms with Gasteiger partial charge in [-0.2, -0.15) is 0 Å². The number of nitrogens with one attached hydrogen (secondary N) is 1. The first-order chi connectivity index (χ1) is 6.74. The van der Waals surface area contributed by atoms with Gasteiger partial charge < -0.3 is 14.8 Å². The predicted molar refractivity (Wildman–Crippen MR) is 55.2 cm³/mol. The molecule has 0 aliphatic rings. The van der Waals surface area contributed by atoms with Gasteiger partial charge in [-0.1, -0.05) is 13.3 Å². The molecule has 1 atom stereocenters. The van der Waals surface area contributed by atoms with Crippen molar-refractivity contribution >= 4 is 5.91 Å². The first kappa shape index (κ1) is 13.4. The summed E-state index contributed by atoms with van der Waals surface area (Å²) in [4.78, 5) is 11.3. The molecule has 0 fully saturated rings. The monoisotopic (exact) mass is 203 g/mol. The van der Waals surface area contributed by atoms with E-state index in [1.54, 1.807) is 7.11 Å². The van der Waals surface area contributed by atoms with Crippen LogP contribution in [0.15, 0.2) is 0 Å². The van der Waals surface area contributed by atoms with Crippen molar-refractivity contribution in [3.63, 3.8) is 0 Å². The topological polar surface area (TPSA) is 47.6 Å². The third-order valence-electron chi connectivity index (χ3n) is 1.81. The fraction of sp³-hybridized carbons (Fsp3) is 0.900. The average Bonchev–Trinajstić information content (AvgIpc) is 2.15. The van der Waals surface area contributed by atoms with Crippen LogP contribution < -0.4 is 5.32 Å². The van der Waals surface area contributed by atoms with Crippen LogP contribution in [0.5, 0.6) is 0 Å². The van der Waals surface area contributed by atoms with Crippen LogP contribution in [0, 0.1) is 0 Å². The van der Waals surface area contributed by atoms with Gasteiger partial charge in [-0.05, 0) is 13.3 Å². The van der Waals surface area contributed by atoms with Crippen molar-refractivity contribution in [1.82, 2.24) is 5.32 Å². The molecular weight excluding hydrogens is 182 g/mol. The zero-order valence-corrected chi connectivity index (χ0v) is 9.34. The van der Waals surface area contributed by atoms with Crippen molar-refractivity contribution in [2.24, 2.45) is 0 Å². The van der Waals surface area contributed by atoms with E-state index in [9.17, 15) is 4.79 Å². The molecule has 0 aromatic rings. The molecule has 0 radical (unpaired) electrons. The summed E-state index contributed by atoms with van der Waals surface area (Å²) in [5.41, 5.74) is 0. The van der Waals surface area contributed by atoms with E-state index in [2.05, 4.69) is 12.2 Å². The van der Waals surface area contributed by atoms with Crippen molar-refractivity contribution in [3.8, 4) is 0 Å². The van der Waals surface area contributed by atoms with E-state index in [4.69, 9.17) is 9.47 Å². The lowest BCUT2D eigenvalue weighted by Gasteiger charge is -2.16. The minimum absolute atomic E-state index is 0.0673. The Labute approximate surface area is 86.0 Å². The maximum absolute atomic E-state index is 11.3. The molecule has 0 aromatic carbocycles. The summed E-state index contributed by atoms with van der Waals surface area (Å²) in [5.74, 6) is -0.0673. The maximum Gasteiger partial charge on any atom is 0.246 e. The lowest BCUT2D eigenvalue weighted by molar-refractivity contribution is -0.126. The summed E-state index contributed by atoms with van der Waals surface area (Å²) in [7, 11) is 1.64. The third kappa shape index (κ3) is 6.86. The van der Waals surface area contributed by atoms with E-state index in [0.717, 1.165) is 12.8 Å². The van der Waals surface area contributed by atoms with Gasteiger partial charge in [-0.3, -0.25) is 4.79 Å². The third-order valence-corrected chi connectivity index (χ3v) is 1.81. The number of carbonyl (C=O) groups is 1. The largest absolute Gasteiger partial charge is 0.383 e. The van der Waals surface area contributed by atoms with Gasteiger partial charge in [0.1, 0.15) is 6.61 Å². The summed E-state index contributed by atoms with van der Waals surface area (Å²) in [6.45, 7) is 5.21. The first-order valence-electron chi connectivity index (χ1n) is 5.10. The van der Waals surface area contributed by atoms with Gasteiger partial charge in [0.25, 0.3) is 0 Å². The zero-order chi connectivity index (χ0) is 10.8. The Bertz CT molecular complexity index is 144. The molecule has 0 aliphatic carbocycles. The fourth-order valence-electron chi connectivity index (χ4n) is 1.21. The van der Waals surface area contributed by atoms with Crippen molar-refractivity contribution in [2.75, 3.05) is 26.9 Å². The fourth-order valence-corrected chi connectivity index (χ4v) is 1.21. The Morgan fingerprint density at radius 2 is 2.14 bits per heavy atom. The van der Waals surface area contributed by atoms with Crippen LogP contribution in [-0.2, 0) is 14.3 Å². The average molecular weight is 203 g/mol. The Kier molecular flexibility index (Phi) is 8.57. The molecule has 4 heteroatoms. The van der Waals surface area contributed by atoms with Gasteiger partial charge in [0.2, 0.25) is 5.91 Å². The molecule has 0 saturated heterocycles. The van der Waals surface area contributed by atoms with E-state index in [-0.39, 0.29) is 18.6 Å². The smallest absolute Gasteiger partial charge is 0.246 e. The maximum atomic E-state index is 11.3. The zero-order valence-electron chi connectivity index (χ0n) is 9.34. The number of methoxy groups -OCH3 is 1. The number of hydrogen-bond donors (Lipinski definition) is 1. The SMILES string of the molecule is CCCC(COC)NC(=O)COCC. The Morgan fingerprint density at radius 1 is 1.43 bits per heavy atom. The molecule has 0 aliphatic heterocycles. The highest BCUT2D eigenvalue weighted by Gasteiger charge is 2.10. The molecule has 0 spiro atoms. The molecule has 0 aromatic heterocycles. The molecule has 4 nitrogen and oxygen atoms in total. The van der Waals surface area contributed by atoms with Crippen molar-refractivity contribution in [1.29, 1.82) is 0 Å². The first-order valence-corrected chi connectivity index (χ1v) is 5.10. The van der Waals surface area contributed by atoms with Crippen molar-refractivity contribution in [3.05, 3.63) is 0 Å². The second kappa shape index (κ2) is 8.97. The van der Waals surface area contributed by atoms with Crippen LogP contribution in [0.3, 0.4) is 0 Å². The van der Waals surface area contributed by atoms with E-state index in [1.807, 2.05) is 6.92 Å². The summed E-state index contributed by atoms with van der Waals surface area (Å²) < 4.78 is 10.0. The quantitative estimate of drug-likeness (QED) is 0.639. The predicted octanol–water partition coefficient (Wildman–Crippen LogP) is 0.954. The standard InChI is InChI=1S/C10H21NO3/c1-4-6-9(7-13-3)11-10(12)8-14-5-2/h9H,4-8H2,1-3H3,(H,11,12). The molecule has 0 heterocycles. The van der Waals surface area contributed by atoms with Gasteiger partial charge in [0.05, 0.1) is 12.6 Å². The van der Waals surface area contributed by atoms with E-state index in [1.165, 1.54) is 0 Å². The van der Waals surface area contributed by atoms with Gasteiger partial charge >= 0.3 is 0 Å². The minimum Gasteiger partial charge on any atom is -0.383 e. The highest BCUT2D eigenvalue weighted by Crippen LogP contribution is 1.96. The second-order valence-electron chi connectivity index (χ2n) is 3.15. The van der Waals surface area contributed by atoms with Crippen LogP contribution >= 0.6 is 0 Å². The van der Waals surface area contributed by atoms with Crippen molar-refractivity contribution < 1.29 is 14.3 Å². The molecule has 84 valence electrons. The Morgan fingerprint density at radius 3 is 2.64 bits per heavy atom. The summed E-state index contributed by atoms with van der Waals surface area (Å²) in [5, 5.41) is 2.86. The van der Waals surface area contributed by atoms with Crippen LogP contribution in [0.4, 0.5) is 0 Å². The molecule has 0 bridgehead atoms. The summed E-state index contributed by atoms with van der Waals surface area (Å²) in [6, 6.07) is 0.109. The Balaban J connectivity index is 3.71. The lowest BCUT2D eigenvalue weighted by atomic mass is 10.2. The van der Waals surface area contributed by atoms with Crippen LogP contribution in [-0.4, -0.2) is 38.9 Å². The van der Waals surface area contributed by atoms with Gasteiger partial charge in [0, 0.05) is 13.7 Å². The lowest BCUT2D eigenvalue weighted by Crippen LogP contribution is -2.39. The molecule has 1 unspecified atom stereocenters. The van der Waals surface area contributed by atoms with Crippen LogP contribution in [0.25, 0.3) is 0 Å². The second-order valence-corrected chi connectivity index (χ2v) is 3.15. The molecule has 0 saturated carbocycles. The number of hydrogen-bond acceptors (Lipinski definition) is 3. The number of rotatable bonds is 8.